The van der Waals surface area contributed by atoms with Gasteiger partial charge in [0.05, 0.1) is 22.1 Å². The van der Waals surface area contributed by atoms with Gasteiger partial charge in [0.1, 0.15) is 22.2 Å². The first kappa shape index (κ1) is 28.1. The molecule has 0 unspecified atom stereocenters. The van der Waals surface area contributed by atoms with Crippen molar-refractivity contribution in [1.29, 1.82) is 0 Å². The first-order valence-electron chi connectivity index (χ1n) is 17.3. The van der Waals surface area contributed by atoms with Gasteiger partial charge in [0.25, 0.3) is 0 Å². The third kappa shape index (κ3) is 4.33. The van der Waals surface area contributed by atoms with Gasteiger partial charge in [-0.15, -0.1) is 0 Å². The first-order chi connectivity index (χ1) is 25.3. The van der Waals surface area contributed by atoms with E-state index in [4.69, 9.17) is 23.8 Å². The van der Waals surface area contributed by atoms with Crippen LogP contribution in [0.5, 0.6) is 0 Å². The molecular formula is C45H28N4O2. The number of benzene rings is 6. The normalized spacial score (nSPS) is 12.9. The van der Waals surface area contributed by atoms with Crippen molar-refractivity contribution in [3.8, 4) is 39.9 Å². The topological polar surface area (TPSA) is 69.9 Å². The first-order valence-corrected chi connectivity index (χ1v) is 17.3. The second-order valence-electron chi connectivity index (χ2n) is 13.1. The molecule has 0 fully saturated rings. The summed E-state index contributed by atoms with van der Waals surface area (Å²) in [6.45, 7) is 0. The fourth-order valence-electron chi connectivity index (χ4n) is 7.73. The fraction of sp³-hybridized carbons (Fsp3) is 0.0444. The fourth-order valence-corrected chi connectivity index (χ4v) is 7.73. The second-order valence-corrected chi connectivity index (χ2v) is 13.1. The minimum Gasteiger partial charge on any atom is -0.456 e. The molecule has 0 saturated carbocycles. The van der Waals surface area contributed by atoms with Crippen molar-refractivity contribution in [2.24, 2.45) is 0 Å². The molecule has 1 aliphatic rings. The molecule has 11 rings (SSSR count). The van der Waals surface area contributed by atoms with Gasteiger partial charge in [0.15, 0.2) is 17.5 Å². The van der Waals surface area contributed by atoms with Crippen LogP contribution in [0.3, 0.4) is 0 Å². The van der Waals surface area contributed by atoms with Crippen LogP contribution >= 0.6 is 0 Å². The molecule has 0 amide bonds. The number of furan rings is 2. The summed E-state index contributed by atoms with van der Waals surface area (Å²) in [5.74, 6) is 1.82. The van der Waals surface area contributed by atoms with E-state index in [1.807, 2.05) is 72.8 Å². The third-order valence-electron chi connectivity index (χ3n) is 10.1. The average molecular weight is 657 g/mol. The predicted octanol–water partition coefficient (Wildman–Crippen LogP) is 9.97. The van der Waals surface area contributed by atoms with Crippen molar-refractivity contribution in [3.05, 3.63) is 144 Å². The van der Waals surface area contributed by atoms with Gasteiger partial charge >= 0.3 is 0 Å². The third-order valence-corrected chi connectivity index (χ3v) is 10.1. The molecule has 0 radical (unpaired) electrons. The van der Waals surface area contributed by atoms with Crippen LogP contribution in [0.15, 0.2) is 142 Å². The highest BCUT2D eigenvalue weighted by Gasteiger charge is 2.22. The Kier molecular flexibility index (Phi) is 5.98. The molecule has 0 spiro atoms. The summed E-state index contributed by atoms with van der Waals surface area (Å²) < 4.78 is 15.4. The summed E-state index contributed by atoms with van der Waals surface area (Å²) in [6, 6.07) is 45.8. The highest BCUT2D eigenvalue weighted by atomic mass is 16.3. The summed E-state index contributed by atoms with van der Waals surface area (Å²) in [6.07, 6.45) is 6.43. The van der Waals surface area contributed by atoms with Gasteiger partial charge in [0.2, 0.25) is 0 Å². The van der Waals surface area contributed by atoms with E-state index in [0.29, 0.717) is 17.5 Å². The minimum absolute atomic E-state index is 0.581. The molecule has 0 saturated heterocycles. The molecule has 4 aromatic heterocycles. The molecule has 6 nitrogen and oxygen atoms in total. The lowest BCUT2D eigenvalue weighted by Gasteiger charge is -2.13. The van der Waals surface area contributed by atoms with E-state index < -0.39 is 0 Å². The van der Waals surface area contributed by atoms with E-state index in [9.17, 15) is 0 Å². The van der Waals surface area contributed by atoms with Gasteiger partial charge < -0.3 is 13.4 Å². The highest BCUT2D eigenvalue weighted by Crippen LogP contribution is 2.40. The predicted molar refractivity (Wildman–Crippen MR) is 205 cm³/mol. The Morgan fingerprint density at radius 2 is 1.10 bits per heavy atom. The highest BCUT2D eigenvalue weighted by molar-refractivity contribution is 6.17. The lowest BCUT2D eigenvalue weighted by atomic mass is 10.0. The van der Waals surface area contributed by atoms with Crippen molar-refractivity contribution in [2.45, 2.75) is 12.8 Å². The average Bonchev–Trinajstić information content (AvgIpc) is 3.86. The summed E-state index contributed by atoms with van der Waals surface area (Å²) in [7, 11) is 0. The molecular weight excluding hydrogens is 629 g/mol. The van der Waals surface area contributed by atoms with Gasteiger partial charge in [-0.3, -0.25) is 0 Å². The van der Waals surface area contributed by atoms with Gasteiger partial charge in [0, 0.05) is 43.5 Å². The number of nitrogens with zero attached hydrogens (tertiary/aromatic N) is 4. The van der Waals surface area contributed by atoms with Crippen LogP contribution < -0.4 is 10.6 Å². The van der Waals surface area contributed by atoms with Gasteiger partial charge in [-0.2, -0.15) is 0 Å². The Morgan fingerprint density at radius 1 is 0.451 bits per heavy atom. The van der Waals surface area contributed by atoms with Crippen LogP contribution in [0.4, 0.5) is 0 Å². The molecule has 4 heterocycles. The molecule has 1 aliphatic carbocycles. The number of para-hydroxylation sites is 2. The van der Waals surface area contributed by atoms with Crippen LogP contribution in [-0.4, -0.2) is 19.5 Å². The Labute approximate surface area is 291 Å². The van der Waals surface area contributed by atoms with E-state index in [0.717, 1.165) is 101 Å². The van der Waals surface area contributed by atoms with Crippen LogP contribution in [0, 0.1) is 0 Å². The smallest absolute Gasteiger partial charge is 0.164 e. The quantitative estimate of drug-likeness (QED) is 0.189. The van der Waals surface area contributed by atoms with Crippen molar-refractivity contribution >= 4 is 66.9 Å². The molecule has 6 aromatic carbocycles. The number of fused-ring (bicyclic) bond motifs is 9. The molecule has 0 aliphatic heterocycles. The molecule has 240 valence electrons. The van der Waals surface area contributed by atoms with Crippen molar-refractivity contribution in [2.75, 3.05) is 0 Å². The Bertz CT molecular complexity index is 3080. The molecule has 51 heavy (non-hydrogen) atoms. The minimum atomic E-state index is 0.581. The number of hydrogen-bond donors (Lipinski definition) is 0. The van der Waals surface area contributed by atoms with E-state index >= 15 is 0 Å². The maximum Gasteiger partial charge on any atom is 0.164 e. The molecule has 10 aromatic rings. The van der Waals surface area contributed by atoms with Gasteiger partial charge in [-0.1, -0.05) is 103 Å². The molecule has 0 atom stereocenters. The number of rotatable bonds is 4. The second kappa shape index (κ2) is 10.9. The Morgan fingerprint density at radius 3 is 1.86 bits per heavy atom. The maximum absolute atomic E-state index is 6.67. The largest absolute Gasteiger partial charge is 0.456 e. The maximum atomic E-state index is 6.67. The summed E-state index contributed by atoms with van der Waals surface area (Å²) in [5, 5.41) is 6.66. The standard InChI is InChI=1S/C45H28N4O2/c1-3-13-27(14-4-1)43-46-44(28-15-5-2-6-16-28)48-45(47-43)29-23-37(42-32-19-9-12-22-39(32)51-41(42)24-29)49-35-20-10-7-17-30(35)33-26-40-34(25-36(33)49)31-18-8-11-21-38(31)50-40/h1-8,10-11,13-26H,9,12H2. The number of aromatic nitrogens is 4. The molecule has 6 heteroatoms. The van der Waals surface area contributed by atoms with Gasteiger partial charge in [-0.05, 0) is 55.3 Å². The Balaban J connectivity index is 1.26. The summed E-state index contributed by atoms with van der Waals surface area (Å²) in [5.41, 5.74) is 9.37. The van der Waals surface area contributed by atoms with E-state index in [1.54, 1.807) is 0 Å². The van der Waals surface area contributed by atoms with Crippen LogP contribution in [0.1, 0.15) is 12.8 Å². The summed E-state index contributed by atoms with van der Waals surface area (Å²) in [4.78, 5) is 15.2. The van der Waals surface area contributed by atoms with E-state index in [2.05, 4.69) is 77.4 Å². The Hall–Kier alpha value is -6.79. The lowest BCUT2D eigenvalue weighted by molar-refractivity contribution is 0.572. The molecule has 0 N–H and O–H groups in total. The zero-order valence-corrected chi connectivity index (χ0v) is 27.4. The zero-order valence-electron chi connectivity index (χ0n) is 27.4. The van der Waals surface area contributed by atoms with Crippen LogP contribution in [0.25, 0.3) is 107 Å². The SMILES string of the molecule is C1=c2oc3cc(-c4nc(-c5ccccc5)nc(-c5ccccc5)n4)cc(-n4c5ccccc5c5cc6oc7ccccc7c6cc54)c3c2=CCC1. The van der Waals surface area contributed by atoms with Crippen molar-refractivity contribution < 1.29 is 8.83 Å². The van der Waals surface area contributed by atoms with Gasteiger partial charge in [-0.25, -0.2) is 15.0 Å². The van der Waals surface area contributed by atoms with Crippen LogP contribution in [-0.2, 0) is 0 Å². The summed E-state index contributed by atoms with van der Waals surface area (Å²) >= 11 is 0. The molecule has 0 bridgehead atoms. The zero-order chi connectivity index (χ0) is 33.5. The van der Waals surface area contributed by atoms with Crippen LogP contribution in [0.2, 0.25) is 0 Å². The van der Waals surface area contributed by atoms with Crippen molar-refractivity contribution in [3.63, 3.8) is 0 Å². The van der Waals surface area contributed by atoms with Crippen molar-refractivity contribution in [1.82, 2.24) is 19.5 Å². The lowest BCUT2D eigenvalue weighted by Crippen LogP contribution is -2.22. The monoisotopic (exact) mass is 656 g/mol. The van der Waals surface area contributed by atoms with E-state index in [1.165, 1.54) is 0 Å². The van der Waals surface area contributed by atoms with E-state index in [-0.39, 0.29) is 0 Å². The number of hydrogen-bond acceptors (Lipinski definition) is 5.